The van der Waals surface area contributed by atoms with E-state index >= 15 is 0 Å². The molecule has 1 heterocycles. The molecule has 0 amide bonds. The van der Waals surface area contributed by atoms with Gasteiger partial charge in [-0.3, -0.25) is 0 Å². The molecule has 1 atom stereocenters. The van der Waals surface area contributed by atoms with Crippen LogP contribution in [-0.4, -0.2) is 56.7 Å². The summed E-state index contributed by atoms with van der Waals surface area (Å²) in [5, 5.41) is 12.5. The Labute approximate surface area is 120 Å². The molecule has 7 heteroatoms. The number of nitrogens with one attached hydrogen (secondary N) is 2. The van der Waals surface area contributed by atoms with Crippen LogP contribution in [0.3, 0.4) is 0 Å². The molecular weight excluding hydrogens is 278 g/mol. The Kier molecular flexibility index (Phi) is 5.50. The molecule has 0 saturated carbocycles. The van der Waals surface area contributed by atoms with Gasteiger partial charge < -0.3 is 10.4 Å². The van der Waals surface area contributed by atoms with Gasteiger partial charge in [-0.25, -0.2) is 0 Å². The van der Waals surface area contributed by atoms with Crippen LogP contribution in [0.15, 0.2) is 30.3 Å². The van der Waals surface area contributed by atoms with Gasteiger partial charge in [-0.2, -0.15) is 17.4 Å². The van der Waals surface area contributed by atoms with E-state index in [1.807, 2.05) is 30.3 Å². The lowest BCUT2D eigenvalue weighted by atomic mass is 10.1. The SMILES string of the molecule is O=S(=O)(NC(CO)Cc1ccccc1)N1CCNCC1. The molecular formula is C13H21N3O3S. The van der Waals surface area contributed by atoms with Crippen molar-refractivity contribution >= 4 is 10.2 Å². The van der Waals surface area contributed by atoms with Crippen molar-refractivity contribution in [1.29, 1.82) is 0 Å². The zero-order valence-corrected chi connectivity index (χ0v) is 12.1. The van der Waals surface area contributed by atoms with Gasteiger partial charge in [0.2, 0.25) is 0 Å². The fourth-order valence-electron chi connectivity index (χ4n) is 2.21. The quantitative estimate of drug-likeness (QED) is 0.651. The van der Waals surface area contributed by atoms with Crippen molar-refractivity contribution < 1.29 is 13.5 Å². The summed E-state index contributed by atoms with van der Waals surface area (Å²) in [6.45, 7) is 2.00. The van der Waals surface area contributed by atoms with Crippen LogP contribution in [0.25, 0.3) is 0 Å². The highest BCUT2D eigenvalue weighted by Crippen LogP contribution is 2.06. The van der Waals surface area contributed by atoms with Gasteiger partial charge in [0.05, 0.1) is 12.6 Å². The molecule has 1 fully saturated rings. The van der Waals surface area contributed by atoms with Crippen molar-refractivity contribution in [3.8, 4) is 0 Å². The van der Waals surface area contributed by atoms with Gasteiger partial charge in [0.25, 0.3) is 10.2 Å². The lowest BCUT2D eigenvalue weighted by Gasteiger charge is -2.28. The molecule has 1 aromatic carbocycles. The molecule has 3 N–H and O–H groups in total. The number of aliphatic hydroxyl groups is 1. The molecule has 1 unspecified atom stereocenters. The second-order valence-electron chi connectivity index (χ2n) is 4.84. The van der Waals surface area contributed by atoms with Crippen molar-refractivity contribution in [2.75, 3.05) is 32.8 Å². The van der Waals surface area contributed by atoms with E-state index in [0.29, 0.717) is 32.6 Å². The smallest absolute Gasteiger partial charge is 0.279 e. The molecule has 0 aromatic heterocycles. The third kappa shape index (κ3) is 4.26. The summed E-state index contributed by atoms with van der Waals surface area (Å²) in [5.41, 5.74) is 0.995. The molecule has 1 aliphatic rings. The molecule has 6 nitrogen and oxygen atoms in total. The summed E-state index contributed by atoms with van der Waals surface area (Å²) < 4.78 is 28.4. The van der Waals surface area contributed by atoms with Gasteiger partial charge in [0.15, 0.2) is 0 Å². The van der Waals surface area contributed by atoms with Crippen molar-refractivity contribution in [1.82, 2.24) is 14.3 Å². The van der Waals surface area contributed by atoms with E-state index in [0.717, 1.165) is 5.56 Å². The van der Waals surface area contributed by atoms with Crippen LogP contribution >= 0.6 is 0 Å². The maximum absolute atomic E-state index is 12.2. The highest BCUT2D eigenvalue weighted by Gasteiger charge is 2.26. The molecule has 0 aliphatic carbocycles. The maximum atomic E-state index is 12.2. The Morgan fingerprint density at radius 2 is 1.90 bits per heavy atom. The molecule has 1 aliphatic heterocycles. The lowest BCUT2D eigenvalue weighted by molar-refractivity contribution is 0.252. The van der Waals surface area contributed by atoms with Crippen LogP contribution in [-0.2, 0) is 16.6 Å². The predicted octanol–water partition coefficient (Wildman–Crippen LogP) is -0.670. The van der Waals surface area contributed by atoms with Crippen molar-refractivity contribution in [3.05, 3.63) is 35.9 Å². The van der Waals surface area contributed by atoms with Crippen LogP contribution in [0, 0.1) is 0 Å². The van der Waals surface area contributed by atoms with E-state index in [1.54, 1.807) is 0 Å². The van der Waals surface area contributed by atoms with E-state index in [9.17, 15) is 13.5 Å². The highest BCUT2D eigenvalue weighted by molar-refractivity contribution is 7.87. The number of hydrogen-bond acceptors (Lipinski definition) is 4. The molecule has 0 bridgehead atoms. The first-order valence-corrected chi connectivity index (χ1v) is 8.19. The third-order valence-corrected chi connectivity index (χ3v) is 4.95. The summed E-state index contributed by atoms with van der Waals surface area (Å²) in [6.07, 6.45) is 0.475. The van der Waals surface area contributed by atoms with Gasteiger partial charge in [-0.05, 0) is 12.0 Å². The van der Waals surface area contributed by atoms with Gasteiger partial charge in [0, 0.05) is 26.2 Å². The van der Waals surface area contributed by atoms with Gasteiger partial charge in [-0.15, -0.1) is 0 Å². The monoisotopic (exact) mass is 299 g/mol. The van der Waals surface area contributed by atoms with E-state index in [1.165, 1.54) is 4.31 Å². The summed E-state index contributed by atoms with van der Waals surface area (Å²) in [7, 11) is -3.53. The van der Waals surface area contributed by atoms with Crippen LogP contribution < -0.4 is 10.0 Å². The normalized spacial score (nSPS) is 18.9. The highest BCUT2D eigenvalue weighted by atomic mass is 32.2. The van der Waals surface area contributed by atoms with Crippen LogP contribution in [0.5, 0.6) is 0 Å². The molecule has 1 saturated heterocycles. The Bertz CT molecular complexity index is 501. The third-order valence-electron chi connectivity index (χ3n) is 3.28. The minimum absolute atomic E-state index is 0.222. The average Bonchev–Trinajstić information content (AvgIpc) is 2.48. The molecule has 1 aromatic rings. The van der Waals surface area contributed by atoms with Crippen LogP contribution in [0.2, 0.25) is 0 Å². The van der Waals surface area contributed by atoms with Gasteiger partial charge in [0.1, 0.15) is 0 Å². The van der Waals surface area contributed by atoms with E-state index in [4.69, 9.17) is 0 Å². The maximum Gasteiger partial charge on any atom is 0.279 e. The minimum atomic E-state index is -3.53. The standard InChI is InChI=1S/C13H21N3O3S/c17-11-13(10-12-4-2-1-3-5-12)15-20(18,19)16-8-6-14-7-9-16/h1-5,13-15,17H,6-11H2. The summed E-state index contributed by atoms with van der Waals surface area (Å²) >= 11 is 0. The van der Waals surface area contributed by atoms with Crippen molar-refractivity contribution in [3.63, 3.8) is 0 Å². The molecule has 112 valence electrons. The first-order chi connectivity index (χ1) is 9.62. The molecule has 0 radical (unpaired) electrons. The largest absolute Gasteiger partial charge is 0.395 e. The number of piperazine rings is 1. The summed E-state index contributed by atoms with van der Waals surface area (Å²) in [6, 6.07) is 9.03. The number of nitrogens with zero attached hydrogens (tertiary/aromatic N) is 1. The van der Waals surface area contributed by atoms with Gasteiger partial charge >= 0.3 is 0 Å². The summed E-state index contributed by atoms with van der Waals surface area (Å²) in [5.74, 6) is 0. The molecule has 0 spiro atoms. The Balaban J connectivity index is 1.98. The first-order valence-electron chi connectivity index (χ1n) is 6.75. The molecule has 20 heavy (non-hydrogen) atoms. The Hall–Kier alpha value is -0.990. The second kappa shape index (κ2) is 7.14. The number of rotatable bonds is 6. The lowest BCUT2D eigenvalue weighted by Crippen LogP contribution is -2.53. The number of benzene rings is 1. The zero-order valence-electron chi connectivity index (χ0n) is 11.3. The second-order valence-corrected chi connectivity index (χ2v) is 6.54. The van der Waals surface area contributed by atoms with Gasteiger partial charge in [-0.1, -0.05) is 30.3 Å². The summed E-state index contributed by atoms with van der Waals surface area (Å²) in [4.78, 5) is 0. The number of aliphatic hydroxyl groups excluding tert-OH is 1. The Morgan fingerprint density at radius 1 is 1.25 bits per heavy atom. The topological polar surface area (TPSA) is 81.7 Å². The number of hydrogen-bond donors (Lipinski definition) is 3. The Morgan fingerprint density at radius 3 is 2.50 bits per heavy atom. The zero-order chi connectivity index (χ0) is 14.4. The van der Waals surface area contributed by atoms with E-state index in [2.05, 4.69) is 10.0 Å². The fourth-order valence-corrected chi connectivity index (χ4v) is 3.60. The fraction of sp³-hybridized carbons (Fsp3) is 0.538. The van der Waals surface area contributed by atoms with Crippen LogP contribution in [0.1, 0.15) is 5.56 Å². The average molecular weight is 299 g/mol. The van der Waals surface area contributed by atoms with Crippen molar-refractivity contribution in [2.45, 2.75) is 12.5 Å². The minimum Gasteiger partial charge on any atom is -0.395 e. The predicted molar refractivity (Wildman–Crippen MR) is 77.5 cm³/mol. The molecule has 2 rings (SSSR count). The van der Waals surface area contributed by atoms with Crippen molar-refractivity contribution in [2.24, 2.45) is 0 Å². The van der Waals surface area contributed by atoms with Crippen LogP contribution in [0.4, 0.5) is 0 Å². The van der Waals surface area contributed by atoms with E-state index in [-0.39, 0.29) is 6.61 Å². The first kappa shape index (κ1) is 15.4. The van der Waals surface area contributed by atoms with E-state index < -0.39 is 16.3 Å².